The first-order valence-corrected chi connectivity index (χ1v) is 9.67. The molecule has 1 aliphatic carbocycles. The third-order valence-corrected chi connectivity index (χ3v) is 5.70. The van der Waals surface area contributed by atoms with Crippen molar-refractivity contribution in [3.63, 3.8) is 0 Å². The molecule has 5 heteroatoms. The Kier molecular flexibility index (Phi) is 13.2. The third kappa shape index (κ3) is 8.35. The number of carboxylic acids is 1. The highest BCUT2D eigenvalue weighted by molar-refractivity contribution is 14.0. The summed E-state index contributed by atoms with van der Waals surface area (Å²) in [6.45, 7) is 7.71. The quantitative estimate of drug-likeness (QED) is 0.485. The number of quaternary nitrogens is 1. The summed E-state index contributed by atoms with van der Waals surface area (Å²) in [6.07, 6.45) is 5.59. The minimum Gasteiger partial charge on any atom is -0.549 e. The smallest absolute Gasteiger partial charge is 0.102 e. The lowest BCUT2D eigenvalue weighted by atomic mass is 9.77. The van der Waals surface area contributed by atoms with Gasteiger partial charge in [-0.25, -0.2) is 0 Å². The van der Waals surface area contributed by atoms with Gasteiger partial charge in [0.25, 0.3) is 0 Å². The number of rotatable bonds is 7. The fourth-order valence-corrected chi connectivity index (χ4v) is 3.51. The highest BCUT2D eigenvalue weighted by atomic mass is 127. The van der Waals surface area contributed by atoms with E-state index in [4.69, 9.17) is 5.11 Å². The fraction of sp³-hybridized carbons (Fsp3) is 0.667. The molecule has 0 aliphatic heterocycles. The zero-order valence-electron chi connectivity index (χ0n) is 16.5. The number of nitrogens with zero attached hydrogens (tertiary/aromatic N) is 1. The lowest BCUT2D eigenvalue weighted by Gasteiger charge is -2.31. The largest absolute Gasteiger partial charge is 0.549 e. The third-order valence-electron chi connectivity index (χ3n) is 5.70. The molecule has 0 heterocycles. The molecule has 1 unspecified atom stereocenters. The van der Waals surface area contributed by atoms with E-state index in [1.165, 1.54) is 6.42 Å². The maximum Gasteiger partial charge on any atom is 0.102 e. The van der Waals surface area contributed by atoms with E-state index in [2.05, 4.69) is 20.9 Å². The van der Waals surface area contributed by atoms with Gasteiger partial charge in [0.05, 0.1) is 26.7 Å². The van der Waals surface area contributed by atoms with Crippen molar-refractivity contribution >= 4 is 29.9 Å². The maximum absolute atomic E-state index is 11.3. The van der Waals surface area contributed by atoms with Crippen LogP contribution in [-0.2, 0) is 4.79 Å². The van der Waals surface area contributed by atoms with E-state index < -0.39 is 11.9 Å². The van der Waals surface area contributed by atoms with Gasteiger partial charge in [-0.2, -0.15) is 0 Å². The average molecular weight is 477 g/mol. The molecular formula is C21H36INO3. The van der Waals surface area contributed by atoms with Crippen molar-refractivity contribution in [3.05, 3.63) is 35.9 Å². The molecule has 1 N–H and O–H groups in total. The van der Waals surface area contributed by atoms with Gasteiger partial charge >= 0.3 is 0 Å². The second-order valence-electron chi connectivity index (χ2n) is 7.30. The summed E-state index contributed by atoms with van der Waals surface area (Å²) in [5.74, 6) is -1.07. The summed E-state index contributed by atoms with van der Waals surface area (Å²) in [6, 6.07) is 9.50. The molecule has 1 fully saturated rings. The van der Waals surface area contributed by atoms with Crippen LogP contribution in [0.25, 0.3) is 0 Å². The molecule has 0 spiro atoms. The van der Waals surface area contributed by atoms with Gasteiger partial charge in [-0.05, 0) is 38.2 Å². The Bertz CT molecular complexity index is 485. The van der Waals surface area contributed by atoms with E-state index in [0.717, 1.165) is 55.4 Å². The number of aliphatic hydroxyl groups is 1. The standard InChI is InChI=1S/C14H18O2.C7H18NO.HI/c15-14(16)13(11-7-3-1-4-8-11)12-9-5-2-6-10-12;1-4-8(3,5-2)6-7-9;/h1,3-4,7-8,12-13H,2,5-6,9-10H2,(H,15,16);9H,4-7H2,1-3H3;1H/q;+1;/p-1. The highest BCUT2D eigenvalue weighted by Gasteiger charge is 2.25. The molecule has 0 saturated heterocycles. The van der Waals surface area contributed by atoms with Crippen LogP contribution in [0.1, 0.15) is 57.4 Å². The van der Waals surface area contributed by atoms with Crippen LogP contribution in [-0.4, -0.2) is 48.8 Å². The Balaban J connectivity index is 0.000000543. The zero-order valence-corrected chi connectivity index (χ0v) is 18.9. The summed E-state index contributed by atoms with van der Waals surface area (Å²) in [7, 11) is 2.16. The molecule has 150 valence electrons. The molecule has 26 heavy (non-hydrogen) atoms. The van der Waals surface area contributed by atoms with Crippen molar-refractivity contribution in [2.75, 3.05) is 33.3 Å². The van der Waals surface area contributed by atoms with Crippen LogP contribution < -0.4 is 5.11 Å². The number of hydrogen-bond donors (Lipinski definition) is 1. The van der Waals surface area contributed by atoms with E-state index in [0.29, 0.717) is 6.61 Å². The molecule has 1 aliphatic rings. The van der Waals surface area contributed by atoms with Crippen LogP contribution >= 0.6 is 24.0 Å². The molecule has 2 rings (SSSR count). The molecule has 1 atom stereocenters. The predicted molar refractivity (Wildman–Crippen MR) is 115 cm³/mol. The Hall–Kier alpha value is -0.660. The van der Waals surface area contributed by atoms with E-state index in [-0.39, 0.29) is 29.9 Å². The molecule has 0 radical (unpaired) electrons. The summed E-state index contributed by atoms with van der Waals surface area (Å²) >= 11 is 0. The van der Waals surface area contributed by atoms with Crippen LogP contribution in [0, 0.1) is 5.92 Å². The Morgan fingerprint density at radius 2 is 1.69 bits per heavy atom. The van der Waals surface area contributed by atoms with E-state index in [1.54, 1.807) is 0 Å². The van der Waals surface area contributed by atoms with Crippen LogP contribution in [0.5, 0.6) is 0 Å². The minimum atomic E-state index is -0.918. The highest BCUT2D eigenvalue weighted by Crippen LogP contribution is 2.35. The number of likely N-dealkylation sites (N-methyl/N-ethyl adjacent to an activating group) is 1. The normalized spacial score (nSPS) is 16.0. The van der Waals surface area contributed by atoms with Crippen molar-refractivity contribution in [1.29, 1.82) is 0 Å². The number of carbonyl (C=O) groups is 1. The van der Waals surface area contributed by atoms with Crippen molar-refractivity contribution < 1.29 is 19.5 Å². The van der Waals surface area contributed by atoms with Gasteiger partial charge in [-0.1, -0.05) is 49.6 Å². The van der Waals surface area contributed by atoms with Crippen molar-refractivity contribution in [3.8, 4) is 0 Å². The van der Waals surface area contributed by atoms with E-state index in [9.17, 15) is 9.90 Å². The van der Waals surface area contributed by atoms with E-state index in [1.807, 2.05) is 30.3 Å². The fourth-order valence-electron chi connectivity index (χ4n) is 3.51. The van der Waals surface area contributed by atoms with Gasteiger partial charge in [0, 0.05) is 11.9 Å². The number of carboxylic acid groups (broad SMARTS) is 1. The van der Waals surface area contributed by atoms with Crippen LogP contribution in [0.2, 0.25) is 0 Å². The van der Waals surface area contributed by atoms with Gasteiger partial charge in [-0.15, -0.1) is 24.0 Å². The number of aliphatic hydroxyl groups excluding tert-OH is 1. The second kappa shape index (κ2) is 13.5. The molecule has 1 aromatic carbocycles. The van der Waals surface area contributed by atoms with Gasteiger partial charge in [0.1, 0.15) is 6.54 Å². The molecule has 1 aromatic rings. The van der Waals surface area contributed by atoms with Crippen LogP contribution in [0.4, 0.5) is 0 Å². The molecule has 4 nitrogen and oxygen atoms in total. The van der Waals surface area contributed by atoms with E-state index >= 15 is 0 Å². The first kappa shape index (κ1) is 25.3. The Morgan fingerprint density at radius 3 is 2.08 bits per heavy atom. The molecule has 0 amide bonds. The first-order chi connectivity index (χ1) is 12.0. The van der Waals surface area contributed by atoms with Crippen molar-refractivity contribution in [2.24, 2.45) is 5.92 Å². The number of aliphatic carboxylic acids is 1. The SMILES string of the molecule is CC[N+](C)(CC)CCO.I.O=C([O-])C(c1ccccc1)C1CCCCC1. The summed E-state index contributed by atoms with van der Waals surface area (Å²) < 4.78 is 0.983. The summed E-state index contributed by atoms with van der Waals surface area (Å²) in [5, 5.41) is 19.9. The predicted octanol–water partition coefficient (Wildman–Crippen LogP) is 3.18. The first-order valence-electron chi connectivity index (χ1n) is 9.67. The van der Waals surface area contributed by atoms with Gasteiger partial charge in [-0.3, -0.25) is 0 Å². The number of carbonyl (C=O) groups excluding carboxylic acids is 1. The molecule has 0 aromatic heterocycles. The minimum absolute atomic E-state index is 0. The zero-order chi connectivity index (χ0) is 18.7. The molecule has 0 bridgehead atoms. The molecular weight excluding hydrogens is 441 g/mol. The van der Waals surface area contributed by atoms with Crippen molar-refractivity contribution in [1.82, 2.24) is 0 Å². The second-order valence-corrected chi connectivity index (χ2v) is 7.30. The Morgan fingerprint density at radius 1 is 1.15 bits per heavy atom. The number of halogens is 1. The number of hydrogen-bond acceptors (Lipinski definition) is 3. The lowest BCUT2D eigenvalue weighted by molar-refractivity contribution is -0.906. The monoisotopic (exact) mass is 477 g/mol. The summed E-state index contributed by atoms with van der Waals surface area (Å²) in [5.41, 5.74) is 0.898. The Labute approximate surface area is 176 Å². The molecule has 1 saturated carbocycles. The average Bonchev–Trinajstić information content (AvgIpc) is 2.64. The van der Waals surface area contributed by atoms with Crippen LogP contribution in [0.15, 0.2) is 30.3 Å². The number of benzene rings is 1. The van der Waals surface area contributed by atoms with Crippen LogP contribution in [0.3, 0.4) is 0 Å². The lowest BCUT2D eigenvalue weighted by Crippen LogP contribution is -2.45. The summed E-state index contributed by atoms with van der Waals surface area (Å²) in [4.78, 5) is 11.3. The van der Waals surface area contributed by atoms with Gasteiger partial charge < -0.3 is 19.5 Å². The van der Waals surface area contributed by atoms with Gasteiger partial charge in [0.15, 0.2) is 0 Å². The maximum atomic E-state index is 11.3. The van der Waals surface area contributed by atoms with Crippen molar-refractivity contribution in [2.45, 2.75) is 51.9 Å². The topological polar surface area (TPSA) is 60.4 Å². The van der Waals surface area contributed by atoms with Gasteiger partial charge in [0.2, 0.25) is 0 Å².